The number of rotatable bonds is 6. The minimum atomic E-state index is 0.585. The van der Waals surface area contributed by atoms with E-state index in [4.69, 9.17) is 4.74 Å². The average Bonchev–Trinajstić information content (AvgIpc) is 3.23. The van der Waals surface area contributed by atoms with Gasteiger partial charge in [-0.15, -0.1) is 10.2 Å². The summed E-state index contributed by atoms with van der Waals surface area (Å²) in [6.07, 6.45) is 0. The normalized spacial score (nSPS) is 10.5. The average molecular weight is 343 g/mol. The first-order chi connectivity index (χ1) is 12.9. The minimum Gasteiger partial charge on any atom is -0.457 e. The fourth-order valence-electron chi connectivity index (χ4n) is 2.57. The van der Waals surface area contributed by atoms with E-state index in [1.54, 1.807) is 0 Å². The van der Waals surface area contributed by atoms with Gasteiger partial charge in [0.15, 0.2) is 0 Å². The quantitative estimate of drug-likeness (QED) is 0.547. The molecule has 0 saturated carbocycles. The molecular formula is C20H17N5O. The zero-order chi connectivity index (χ0) is 17.6. The molecular weight excluding hydrogens is 326 g/mol. The number of para-hydroxylation sites is 1. The lowest BCUT2D eigenvalue weighted by atomic mass is 10.2. The smallest absolute Gasteiger partial charge is 0.204 e. The molecule has 0 unspecified atom stereocenters. The summed E-state index contributed by atoms with van der Waals surface area (Å²) in [4.78, 5) is 0. The van der Waals surface area contributed by atoms with E-state index in [-0.39, 0.29) is 0 Å². The molecule has 1 heterocycles. The minimum absolute atomic E-state index is 0.585. The van der Waals surface area contributed by atoms with Gasteiger partial charge in [-0.1, -0.05) is 30.3 Å². The van der Waals surface area contributed by atoms with Gasteiger partial charge in [-0.25, -0.2) is 0 Å². The van der Waals surface area contributed by atoms with Gasteiger partial charge >= 0.3 is 0 Å². The molecule has 1 aromatic heterocycles. The topological polar surface area (TPSA) is 75.7 Å². The van der Waals surface area contributed by atoms with Crippen molar-refractivity contribution >= 4 is 5.69 Å². The first kappa shape index (κ1) is 15.8. The van der Waals surface area contributed by atoms with Gasteiger partial charge in [0.1, 0.15) is 11.5 Å². The third-order valence-electron chi connectivity index (χ3n) is 3.86. The molecule has 3 aromatic carbocycles. The standard InChI is InChI=1S/C20H17N5O/c1-2-6-18(7-3-1)26-19-8-4-5-15(13-19)14-21-17-11-9-16(10-12-17)20-22-24-25-23-20/h1-13,21H,14H2,(H,22,23,24,25). The molecule has 0 spiro atoms. The van der Waals surface area contributed by atoms with Gasteiger partial charge in [-0.2, -0.15) is 5.21 Å². The molecule has 0 fully saturated rings. The largest absolute Gasteiger partial charge is 0.457 e. The Bertz CT molecular complexity index is 953. The zero-order valence-electron chi connectivity index (χ0n) is 14.0. The number of nitrogens with one attached hydrogen (secondary N) is 2. The molecule has 0 saturated heterocycles. The highest BCUT2D eigenvalue weighted by Gasteiger charge is 2.03. The number of nitrogens with zero attached hydrogens (tertiary/aromatic N) is 3. The van der Waals surface area contributed by atoms with Crippen LogP contribution in [0.3, 0.4) is 0 Å². The molecule has 0 radical (unpaired) electrons. The van der Waals surface area contributed by atoms with Crippen molar-refractivity contribution in [3.8, 4) is 22.9 Å². The van der Waals surface area contributed by atoms with Gasteiger partial charge in [0, 0.05) is 17.8 Å². The predicted octanol–water partition coefficient (Wildman–Crippen LogP) is 4.27. The first-order valence-corrected chi connectivity index (χ1v) is 8.26. The van der Waals surface area contributed by atoms with E-state index in [2.05, 4.69) is 32.0 Å². The van der Waals surface area contributed by atoms with E-state index in [9.17, 15) is 0 Å². The molecule has 128 valence electrons. The number of hydrogen-bond acceptors (Lipinski definition) is 5. The fourth-order valence-corrected chi connectivity index (χ4v) is 2.57. The molecule has 2 N–H and O–H groups in total. The van der Waals surface area contributed by atoms with Crippen molar-refractivity contribution in [2.45, 2.75) is 6.54 Å². The highest BCUT2D eigenvalue weighted by Crippen LogP contribution is 2.22. The zero-order valence-corrected chi connectivity index (χ0v) is 14.0. The van der Waals surface area contributed by atoms with E-state index < -0.39 is 0 Å². The highest BCUT2D eigenvalue weighted by atomic mass is 16.5. The van der Waals surface area contributed by atoms with E-state index in [0.29, 0.717) is 12.4 Å². The Labute approximate surface area is 150 Å². The predicted molar refractivity (Wildman–Crippen MR) is 99.9 cm³/mol. The second-order valence-corrected chi connectivity index (χ2v) is 5.73. The van der Waals surface area contributed by atoms with Gasteiger partial charge in [0.2, 0.25) is 5.82 Å². The van der Waals surface area contributed by atoms with Crippen molar-refractivity contribution in [1.29, 1.82) is 0 Å². The monoisotopic (exact) mass is 343 g/mol. The van der Waals surface area contributed by atoms with Crippen LogP contribution < -0.4 is 10.1 Å². The van der Waals surface area contributed by atoms with E-state index in [1.807, 2.05) is 72.8 Å². The van der Waals surface area contributed by atoms with Crippen molar-refractivity contribution in [3.63, 3.8) is 0 Å². The van der Waals surface area contributed by atoms with Crippen molar-refractivity contribution in [2.75, 3.05) is 5.32 Å². The SMILES string of the molecule is c1ccc(Oc2cccc(CNc3ccc(-c4nn[nH]n4)cc3)c2)cc1. The molecule has 6 nitrogen and oxygen atoms in total. The Morgan fingerprint density at radius 2 is 1.65 bits per heavy atom. The van der Waals surface area contributed by atoms with E-state index in [1.165, 1.54) is 0 Å². The number of tetrazole rings is 1. The van der Waals surface area contributed by atoms with E-state index in [0.717, 1.165) is 28.3 Å². The molecule has 0 aliphatic heterocycles. The highest BCUT2D eigenvalue weighted by molar-refractivity contribution is 5.59. The number of aromatic nitrogens is 4. The van der Waals surface area contributed by atoms with Gasteiger partial charge in [0.25, 0.3) is 0 Å². The fraction of sp³-hybridized carbons (Fsp3) is 0.0500. The van der Waals surface area contributed by atoms with Crippen molar-refractivity contribution in [2.24, 2.45) is 0 Å². The van der Waals surface area contributed by atoms with Gasteiger partial charge in [0.05, 0.1) is 0 Å². The van der Waals surface area contributed by atoms with Crippen LogP contribution in [-0.2, 0) is 6.54 Å². The lowest BCUT2D eigenvalue weighted by molar-refractivity contribution is 0.482. The number of benzene rings is 3. The second-order valence-electron chi connectivity index (χ2n) is 5.73. The summed E-state index contributed by atoms with van der Waals surface area (Å²) in [5.41, 5.74) is 3.08. The summed E-state index contributed by atoms with van der Waals surface area (Å²) in [5, 5.41) is 17.4. The van der Waals surface area contributed by atoms with Crippen molar-refractivity contribution in [3.05, 3.63) is 84.4 Å². The molecule has 0 aliphatic carbocycles. The first-order valence-electron chi connectivity index (χ1n) is 8.26. The van der Waals surface area contributed by atoms with Crippen LogP contribution in [0.5, 0.6) is 11.5 Å². The third-order valence-corrected chi connectivity index (χ3v) is 3.86. The molecule has 26 heavy (non-hydrogen) atoms. The second kappa shape index (κ2) is 7.48. The Morgan fingerprint density at radius 3 is 2.42 bits per heavy atom. The van der Waals surface area contributed by atoms with Crippen LogP contribution in [-0.4, -0.2) is 20.6 Å². The Kier molecular flexibility index (Phi) is 4.56. The van der Waals surface area contributed by atoms with Crippen molar-refractivity contribution in [1.82, 2.24) is 20.6 Å². The Morgan fingerprint density at radius 1 is 0.846 bits per heavy atom. The van der Waals surface area contributed by atoms with Crippen LogP contribution >= 0.6 is 0 Å². The van der Waals surface area contributed by atoms with Crippen LogP contribution in [0.15, 0.2) is 78.9 Å². The molecule has 0 atom stereocenters. The maximum atomic E-state index is 5.88. The molecule has 0 amide bonds. The molecule has 4 aromatic rings. The maximum Gasteiger partial charge on any atom is 0.204 e. The number of H-pyrrole nitrogens is 1. The third kappa shape index (κ3) is 3.87. The van der Waals surface area contributed by atoms with Crippen molar-refractivity contribution < 1.29 is 4.74 Å². The molecule has 4 rings (SSSR count). The maximum absolute atomic E-state index is 5.88. The van der Waals surface area contributed by atoms with Gasteiger partial charge < -0.3 is 10.1 Å². The number of hydrogen-bond donors (Lipinski definition) is 2. The van der Waals surface area contributed by atoms with Crippen LogP contribution in [0.1, 0.15) is 5.56 Å². The van der Waals surface area contributed by atoms with Crippen LogP contribution in [0.2, 0.25) is 0 Å². The summed E-state index contributed by atoms with van der Waals surface area (Å²) >= 11 is 0. The molecule has 6 heteroatoms. The molecule has 0 aliphatic rings. The Balaban J connectivity index is 1.39. The summed E-state index contributed by atoms with van der Waals surface area (Å²) in [5.74, 6) is 2.24. The summed E-state index contributed by atoms with van der Waals surface area (Å²) in [7, 11) is 0. The van der Waals surface area contributed by atoms with E-state index >= 15 is 0 Å². The summed E-state index contributed by atoms with van der Waals surface area (Å²) in [6.45, 7) is 0.702. The van der Waals surface area contributed by atoms with Crippen LogP contribution in [0.4, 0.5) is 5.69 Å². The lowest BCUT2D eigenvalue weighted by Crippen LogP contribution is -1.99. The summed E-state index contributed by atoms with van der Waals surface area (Å²) < 4.78 is 5.88. The number of anilines is 1. The number of aromatic amines is 1. The van der Waals surface area contributed by atoms with Crippen LogP contribution in [0, 0.1) is 0 Å². The van der Waals surface area contributed by atoms with Gasteiger partial charge in [-0.05, 0) is 59.3 Å². The molecule has 0 bridgehead atoms. The van der Waals surface area contributed by atoms with Gasteiger partial charge in [-0.3, -0.25) is 0 Å². The van der Waals surface area contributed by atoms with Crippen LogP contribution in [0.25, 0.3) is 11.4 Å². The summed E-state index contributed by atoms with van der Waals surface area (Å²) in [6, 6.07) is 25.7. The number of ether oxygens (including phenoxy) is 1. The Hall–Kier alpha value is -3.67. The lowest BCUT2D eigenvalue weighted by Gasteiger charge is -2.10.